The fourth-order valence-corrected chi connectivity index (χ4v) is 3.22. The SMILES string of the molecule is CCCC1(O)CC(C(F)(F)F)N(C(=O)OC(C)(C)C)c2ccccc21. The molecule has 1 N–H and O–H groups in total. The first kappa shape index (κ1) is 19.6. The molecule has 1 heterocycles. The monoisotopic (exact) mass is 359 g/mol. The predicted octanol–water partition coefficient (Wildman–Crippen LogP) is 4.75. The predicted molar refractivity (Wildman–Crippen MR) is 88.4 cm³/mol. The zero-order valence-electron chi connectivity index (χ0n) is 14.9. The van der Waals surface area contributed by atoms with Crippen LogP contribution in [0.1, 0.15) is 52.5 Å². The average molecular weight is 359 g/mol. The molecule has 0 saturated heterocycles. The van der Waals surface area contributed by atoms with Gasteiger partial charge in [-0.1, -0.05) is 31.5 Å². The van der Waals surface area contributed by atoms with E-state index in [-0.39, 0.29) is 12.1 Å². The van der Waals surface area contributed by atoms with Gasteiger partial charge in [-0.25, -0.2) is 4.79 Å². The minimum absolute atomic E-state index is 0.0428. The lowest BCUT2D eigenvalue weighted by Gasteiger charge is -2.45. The van der Waals surface area contributed by atoms with Gasteiger partial charge in [0, 0.05) is 12.0 Å². The number of anilines is 1. The van der Waals surface area contributed by atoms with E-state index in [4.69, 9.17) is 4.74 Å². The number of benzene rings is 1. The van der Waals surface area contributed by atoms with E-state index in [9.17, 15) is 23.1 Å². The lowest BCUT2D eigenvalue weighted by atomic mass is 9.78. The van der Waals surface area contributed by atoms with Gasteiger partial charge in [-0.2, -0.15) is 13.2 Å². The van der Waals surface area contributed by atoms with E-state index in [1.54, 1.807) is 45.9 Å². The van der Waals surface area contributed by atoms with Crippen molar-refractivity contribution in [2.75, 3.05) is 4.90 Å². The molecule has 1 amide bonds. The number of para-hydroxylation sites is 1. The molecule has 1 aromatic carbocycles. The summed E-state index contributed by atoms with van der Waals surface area (Å²) in [5.74, 6) is 0. The fraction of sp³-hybridized carbons (Fsp3) is 0.611. The Balaban J connectivity index is 2.59. The number of ether oxygens (including phenoxy) is 1. The molecule has 0 saturated carbocycles. The van der Waals surface area contributed by atoms with Crippen molar-refractivity contribution in [1.29, 1.82) is 0 Å². The summed E-state index contributed by atoms with van der Waals surface area (Å²) in [6.45, 7) is 6.58. The number of fused-ring (bicyclic) bond motifs is 1. The Morgan fingerprint density at radius 3 is 2.44 bits per heavy atom. The van der Waals surface area contributed by atoms with Crippen LogP contribution in [0.4, 0.5) is 23.7 Å². The van der Waals surface area contributed by atoms with Gasteiger partial charge in [-0.05, 0) is 33.3 Å². The van der Waals surface area contributed by atoms with Crippen molar-refractivity contribution >= 4 is 11.8 Å². The molecule has 25 heavy (non-hydrogen) atoms. The number of carbonyl (C=O) groups excluding carboxylic acids is 1. The van der Waals surface area contributed by atoms with Crippen LogP contribution in [0.15, 0.2) is 24.3 Å². The van der Waals surface area contributed by atoms with Crippen molar-refractivity contribution in [3.8, 4) is 0 Å². The highest BCUT2D eigenvalue weighted by Gasteiger charge is 2.55. The number of hydrogen-bond acceptors (Lipinski definition) is 3. The Kier molecular flexibility index (Phi) is 5.10. The largest absolute Gasteiger partial charge is 0.443 e. The molecule has 1 aliphatic heterocycles. The number of halogens is 3. The van der Waals surface area contributed by atoms with Gasteiger partial charge in [0.25, 0.3) is 0 Å². The Hall–Kier alpha value is -1.76. The fourth-order valence-electron chi connectivity index (χ4n) is 3.22. The number of aliphatic hydroxyl groups is 1. The number of hydrogen-bond donors (Lipinski definition) is 1. The number of amides is 1. The lowest BCUT2D eigenvalue weighted by molar-refractivity contribution is -0.165. The van der Waals surface area contributed by atoms with Gasteiger partial charge in [-0.15, -0.1) is 0 Å². The van der Waals surface area contributed by atoms with Gasteiger partial charge < -0.3 is 9.84 Å². The molecule has 0 spiro atoms. The normalized spacial score (nSPS) is 24.0. The third kappa shape index (κ3) is 4.08. The Morgan fingerprint density at radius 1 is 1.32 bits per heavy atom. The van der Waals surface area contributed by atoms with E-state index in [1.165, 1.54) is 6.07 Å². The minimum atomic E-state index is -4.69. The van der Waals surface area contributed by atoms with Crippen molar-refractivity contribution < 1.29 is 27.8 Å². The number of alkyl halides is 3. The Labute approximate surface area is 145 Å². The summed E-state index contributed by atoms with van der Waals surface area (Å²) < 4.78 is 46.3. The lowest BCUT2D eigenvalue weighted by Crippen LogP contribution is -2.57. The molecule has 0 aliphatic carbocycles. The van der Waals surface area contributed by atoms with Gasteiger partial charge in [0.15, 0.2) is 0 Å². The van der Waals surface area contributed by atoms with Crippen LogP contribution in [0.2, 0.25) is 0 Å². The second-order valence-corrected chi connectivity index (χ2v) is 7.41. The van der Waals surface area contributed by atoms with Crippen LogP contribution in [-0.2, 0) is 10.3 Å². The summed E-state index contributed by atoms with van der Waals surface area (Å²) in [7, 11) is 0. The second-order valence-electron chi connectivity index (χ2n) is 7.41. The van der Waals surface area contributed by atoms with Gasteiger partial charge in [0.2, 0.25) is 0 Å². The maximum absolute atomic E-state index is 13.7. The van der Waals surface area contributed by atoms with E-state index in [2.05, 4.69) is 0 Å². The van der Waals surface area contributed by atoms with Crippen molar-refractivity contribution in [3.05, 3.63) is 29.8 Å². The summed E-state index contributed by atoms with van der Waals surface area (Å²) in [5.41, 5.74) is -2.20. The van der Waals surface area contributed by atoms with E-state index >= 15 is 0 Å². The molecule has 0 radical (unpaired) electrons. The third-order valence-electron chi connectivity index (χ3n) is 4.14. The van der Waals surface area contributed by atoms with Gasteiger partial charge in [0.05, 0.1) is 11.3 Å². The Morgan fingerprint density at radius 2 is 1.92 bits per heavy atom. The first-order valence-electron chi connectivity index (χ1n) is 8.30. The summed E-state index contributed by atoms with van der Waals surface area (Å²) in [5, 5.41) is 10.9. The Bertz CT molecular complexity index is 639. The van der Waals surface area contributed by atoms with Crippen LogP contribution in [0.25, 0.3) is 0 Å². The van der Waals surface area contributed by atoms with Crippen LogP contribution in [-0.4, -0.2) is 29.0 Å². The summed E-state index contributed by atoms with van der Waals surface area (Å²) in [6, 6.07) is 4.02. The molecule has 140 valence electrons. The highest BCUT2D eigenvalue weighted by atomic mass is 19.4. The van der Waals surface area contributed by atoms with Crippen molar-refractivity contribution in [1.82, 2.24) is 0 Å². The average Bonchev–Trinajstić information content (AvgIpc) is 2.44. The standard InChI is InChI=1S/C18H24F3NO3/c1-5-10-17(24)11-14(18(19,20)21)22(15(23)25-16(2,3)4)13-9-7-6-8-12(13)17/h6-9,14,24H,5,10-11H2,1-4H3. The van der Waals surface area contributed by atoms with Gasteiger partial charge in [-0.3, -0.25) is 4.90 Å². The van der Waals surface area contributed by atoms with Crippen molar-refractivity contribution in [2.24, 2.45) is 0 Å². The zero-order chi connectivity index (χ0) is 19.0. The smallest absolute Gasteiger partial charge is 0.415 e. The van der Waals surface area contributed by atoms with E-state index in [1.807, 2.05) is 0 Å². The van der Waals surface area contributed by atoms with Crippen LogP contribution in [0.5, 0.6) is 0 Å². The maximum atomic E-state index is 13.7. The highest BCUT2D eigenvalue weighted by Crippen LogP contribution is 2.48. The molecule has 0 fully saturated rings. The first-order chi connectivity index (χ1) is 11.4. The summed E-state index contributed by atoms with van der Waals surface area (Å²) >= 11 is 0. The van der Waals surface area contributed by atoms with Crippen LogP contribution in [0.3, 0.4) is 0 Å². The van der Waals surface area contributed by atoms with E-state index < -0.39 is 35.9 Å². The summed E-state index contributed by atoms with van der Waals surface area (Å²) in [6.07, 6.45) is -5.67. The van der Waals surface area contributed by atoms with E-state index in [0.29, 0.717) is 16.9 Å². The first-order valence-corrected chi connectivity index (χ1v) is 8.30. The zero-order valence-corrected chi connectivity index (χ0v) is 14.9. The molecule has 2 rings (SSSR count). The van der Waals surface area contributed by atoms with Crippen LogP contribution < -0.4 is 4.90 Å². The maximum Gasteiger partial charge on any atom is 0.415 e. The third-order valence-corrected chi connectivity index (χ3v) is 4.14. The minimum Gasteiger partial charge on any atom is -0.443 e. The molecular formula is C18H24F3NO3. The highest BCUT2D eigenvalue weighted by molar-refractivity contribution is 5.91. The quantitative estimate of drug-likeness (QED) is 0.829. The molecule has 2 atom stereocenters. The van der Waals surface area contributed by atoms with E-state index in [0.717, 1.165) is 0 Å². The van der Waals surface area contributed by atoms with Crippen LogP contribution in [0, 0.1) is 0 Å². The van der Waals surface area contributed by atoms with Crippen LogP contribution >= 0.6 is 0 Å². The molecular weight excluding hydrogens is 335 g/mol. The molecule has 1 aromatic rings. The molecule has 0 bridgehead atoms. The van der Waals surface area contributed by atoms with Gasteiger partial charge in [0.1, 0.15) is 11.6 Å². The number of rotatable bonds is 2. The molecule has 0 aromatic heterocycles. The number of nitrogens with zero attached hydrogens (tertiary/aromatic N) is 1. The molecule has 2 unspecified atom stereocenters. The van der Waals surface area contributed by atoms with Crippen molar-refractivity contribution in [3.63, 3.8) is 0 Å². The topological polar surface area (TPSA) is 49.8 Å². The molecule has 1 aliphatic rings. The number of carbonyl (C=O) groups is 1. The second kappa shape index (κ2) is 6.52. The van der Waals surface area contributed by atoms with Crippen molar-refractivity contribution in [2.45, 2.75) is 70.4 Å². The summed E-state index contributed by atoms with van der Waals surface area (Å²) in [4.78, 5) is 13.2. The van der Waals surface area contributed by atoms with Gasteiger partial charge >= 0.3 is 12.3 Å². The molecule has 7 heteroatoms. The molecule has 4 nitrogen and oxygen atoms in total.